The van der Waals surface area contributed by atoms with E-state index in [1.807, 2.05) is 58.0 Å². The molecule has 0 radical (unpaired) electrons. The fraction of sp³-hybridized carbons (Fsp3) is 0.320. The Balaban J connectivity index is 2.20. The number of carbonyl (C=O) groups is 1. The number of ether oxygens (including phenoxy) is 2. The summed E-state index contributed by atoms with van der Waals surface area (Å²) in [6, 6.07) is 9.89. The number of methoxy groups -OCH3 is 1. The number of fused-ring (bicyclic) bond motifs is 1. The van der Waals surface area contributed by atoms with Crippen molar-refractivity contribution >= 4 is 22.4 Å². The van der Waals surface area contributed by atoms with Crippen molar-refractivity contribution in [2.75, 3.05) is 20.3 Å². The summed E-state index contributed by atoms with van der Waals surface area (Å²) in [5.74, 6) is 1.41. The van der Waals surface area contributed by atoms with Gasteiger partial charge in [0.2, 0.25) is 5.91 Å². The van der Waals surface area contributed by atoms with Gasteiger partial charge in [-0.1, -0.05) is 25.1 Å². The summed E-state index contributed by atoms with van der Waals surface area (Å²) in [5.41, 5.74) is 5.29. The summed E-state index contributed by atoms with van der Waals surface area (Å²) in [5, 5.41) is 3.85. The van der Waals surface area contributed by atoms with Crippen molar-refractivity contribution in [2.24, 2.45) is 0 Å². The number of furan rings is 1. The average Bonchev–Trinajstić information content (AvgIpc) is 3.18. The topological polar surface area (TPSA) is 60.7 Å². The lowest BCUT2D eigenvalue weighted by molar-refractivity contribution is -0.116. The van der Waals surface area contributed by atoms with Gasteiger partial charge in [0.1, 0.15) is 17.1 Å². The fourth-order valence-corrected chi connectivity index (χ4v) is 3.59. The van der Waals surface area contributed by atoms with Crippen molar-refractivity contribution in [3.05, 3.63) is 53.8 Å². The first-order valence-corrected chi connectivity index (χ1v) is 10.3. The number of carbonyl (C=O) groups excluding carboxylic acids is 1. The highest BCUT2D eigenvalue weighted by Gasteiger charge is 2.20. The molecule has 2 aromatic carbocycles. The Morgan fingerprint density at radius 2 is 1.97 bits per heavy atom. The molecule has 0 aliphatic heterocycles. The van der Waals surface area contributed by atoms with Crippen LogP contribution in [0.4, 0.5) is 0 Å². The second kappa shape index (κ2) is 9.53. The third kappa shape index (κ3) is 4.20. The summed E-state index contributed by atoms with van der Waals surface area (Å²) in [4.78, 5) is 12.3. The molecule has 3 rings (SSSR count). The van der Waals surface area contributed by atoms with Gasteiger partial charge in [0, 0.05) is 40.3 Å². The quantitative estimate of drug-likeness (QED) is 0.483. The van der Waals surface area contributed by atoms with Crippen LogP contribution in [-0.4, -0.2) is 26.2 Å². The molecule has 0 bridgehead atoms. The molecule has 1 aromatic heterocycles. The number of allylic oxidation sites excluding steroid dienone is 1. The molecule has 1 amide bonds. The predicted molar refractivity (Wildman–Crippen MR) is 121 cm³/mol. The van der Waals surface area contributed by atoms with Crippen LogP contribution < -0.4 is 14.8 Å². The largest absolute Gasteiger partial charge is 0.496 e. The van der Waals surface area contributed by atoms with Crippen LogP contribution in [0.1, 0.15) is 38.3 Å². The van der Waals surface area contributed by atoms with E-state index in [1.54, 1.807) is 19.4 Å². The van der Waals surface area contributed by atoms with Crippen LogP contribution in [-0.2, 0) is 4.79 Å². The molecule has 5 nitrogen and oxygen atoms in total. The lowest BCUT2D eigenvalue weighted by Gasteiger charge is -2.15. The van der Waals surface area contributed by atoms with E-state index in [-0.39, 0.29) is 5.91 Å². The number of hydrogen-bond acceptors (Lipinski definition) is 4. The highest BCUT2D eigenvalue weighted by Crippen LogP contribution is 2.42. The normalized spacial score (nSPS) is 11.6. The molecule has 0 aliphatic rings. The number of aryl methyl sites for hydroxylation is 1. The third-order valence-electron chi connectivity index (χ3n) is 5.05. The number of rotatable bonds is 8. The van der Waals surface area contributed by atoms with Crippen LogP contribution >= 0.6 is 0 Å². The second-order valence-corrected chi connectivity index (χ2v) is 7.16. The van der Waals surface area contributed by atoms with Crippen LogP contribution in [0.5, 0.6) is 11.5 Å². The fourth-order valence-electron chi connectivity index (χ4n) is 3.59. The van der Waals surface area contributed by atoms with Crippen LogP contribution in [0.15, 0.2) is 47.1 Å². The van der Waals surface area contributed by atoms with Gasteiger partial charge in [0.25, 0.3) is 0 Å². The van der Waals surface area contributed by atoms with Crippen molar-refractivity contribution in [3.8, 4) is 22.6 Å². The minimum Gasteiger partial charge on any atom is -0.496 e. The molecular formula is C25H29NO4. The third-order valence-corrected chi connectivity index (χ3v) is 5.05. The van der Waals surface area contributed by atoms with E-state index in [4.69, 9.17) is 13.9 Å². The summed E-state index contributed by atoms with van der Waals surface area (Å²) in [6.45, 7) is 9.06. The smallest absolute Gasteiger partial charge is 0.244 e. The van der Waals surface area contributed by atoms with Gasteiger partial charge in [-0.25, -0.2) is 0 Å². The van der Waals surface area contributed by atoms with E-state index < -0.39 is 0 Å². The monoisotopic (exact) mass is 407 g/mol. The van der Waals surface area contributed by atoms with Gasteiger partial charge >= 0.3 is 0 Å². The number of para-hydroxylation sites is 1. The molecule has 0 saturated carbocycles. The van der Waals surface area contributed by atoms with Gasteiger partial charge in [0.05, 0.1) is 20.0 Å². The van der Waals surface area contributed by atoms with E-state index in [0.29, 0.717) is 13.2 Å². The standard InChI is InChI=1S/C25H29NO4/c1-6-12-26-23(27)13-16(3)19-14-20-21(18-10-8-9-11-22(18)28-5)15-30-25(20)17(4)24(19)29-7-2/h8-11,13-15H,6-7,12H2,1-5H3,(H,26,27)/b16-13+. The van der Waals surface area contributed by atoms with E-state index in [0.717, 1.165) is 56.7 Å². The molecule has 5 heteroatoms. The van der Waals surface area contributed by atoms with Gasteiger partial charge in [-0.05, 0) is 44.9 Å². The van der Waals surface area contributed by atoms with Gasteiger partial charge in [-0.2, -0.15) is 0 Å². The SMILES string of the molecule is CCCNC(=O)/C=C(\C)c1cc2c(-c3ccccc3OC)coc2c(C)c1OCC. The number of benzene rings is 2. The summed E-state index contributed by atoms with van der Waals surface area (Å²) < 4.78 is 17.5. The van der Waals surface area contributed by atoms with E-state index in [9.17, 15) is 4.79 Å². The Labute approximate surface area is 177 Å². The molecule has 1 heterocycles. The molecule has 0 spiro atoms. The molecule has 3 aromatic rings. The minimum atomic E-state index is -0.105. The average molecular weight is 408 g/mol. The maximum absolute atomic E-state index is 12.3. The van der Waals surface area contributed by atoms with Crippen molar-refractivity contribution in [3.63, 3.8) is 0 Å². The van der Waals surface area contributed by atoms with Crippen molar-refractivity contribution in [1.29, 1.82) is 0 Å². The summed E-state index contributed by atoms with van der Waals surface area (Å²) in [7, 11) is 1.66. The summed E-state index contributed by atoms with van der Waals surface area (Å²) in [6.07, 6.45) is 4.27. The molecule has 0 unspecified atom stereocenters. The first-order chi connectivity index (χ1) is 14.5. The van der Waals surface area contributed by atoms with Crippen LogP contribution in [0.25, 0.3) is 27.7 Å². The van der Waals surface area contributed by atoms with Gasteiger partial charge in [-0.3, -0.25) is 4.79 Å². The zero-order valence-electron chi connectivity index (χ0n) is 18.3. The first kappa shape index (κ1) is 21.5. The summed E-state index contributed by atoms with van der Waals surface area (Å²) >= 11 is 0. The molecule has 0 fully saturated rings. The zero-order valence-corrected chi connectivity index (χ0v) is 18.3. The van der Waals surface area contributed by atoms with E-state index >= 15 is 0 Å². The minimum absolute atomic E-state index is 0.105. The molecule has 0 saturated heterocycles. The second-order valence-electron chi connectivity index (χ2n) is 7.16. The molecule has 0 atom stereocenters. The molecule has 1 N–H and O–H groups in total. The predicted octanol–water partition coefficient (Wildman–Crippen LogP) is 5.75. The van der Waals surface area contributed by atoms with Crippen LogP contribution in [0.3, 0.4) is 0 Å². The van der Waals surface area contributed by atoms with Gasteiger partial charge < -0.3 is 19.2 Å². The Kier molecular flexibility index (Phi) is 6.83. The maximum atomic E-state index is 12.3. The number of nitrogens with one attached hydrogen (secondary N) is 1. The van der Waals surface area contributed by atoms with Crippen molar-refractivity contribution < 1.29 is 18.7 Å². The van der Waals surface area contributed by atoms with Crippen LogP contribution in [0.2, 0.25) is 0 Å². The van der Waals surface area contributed by atoms with Crippen molar-refractivity contribution in [2.45, 2.75) is 34.1 Å². The molecule has 0 aliphatic carbocycles. The van der Waals surface area contributed by atoms with E-state index in [1.165, 1.54) is 0 Å². The number of amides is 1. The molecule has 30 heavy (non-hydrogen) atoms. The lowest BCUT2D eigenvalue weighted by atomic mass is 9.96. The highest BCUT2D eigenvalue weighted by atomic mass is 16.5. The zero-order chi connectivity index (χ0) is 21.7. The van der Waals surface area contributed by atoms with E-state index in [2.05, 4.69) is 5.32 Å². The van der Waals surface area contributed by atoms with Gasteiger partial charge in [-0.15, -0.1) is 0 Å². The Morgan fingerprint density at radius 1 is 1.20 bits per heavy atom. The van der Waals surface area contributed by atoms with Gasteiger partial charge in [0.15, 0.2) is 0 Å². The Bertz CT molecular complexity index is 1080. The lowest BCUT2D eigenvalue weighted by Crippen LogP contribution is -2.21. The first-order valence-electron chi connectivity index (χ1n) is 10.3. The number of hydrogen-bond donors (Lipinski definition) is 1. The maximum Gasteiger partial charge on any atom is 0.244 e. The Morgan fingerprint density at radius 3 is 2.67 bits per heavy atom. The molecule has 158 valence electrons. The van der Waals surface area contributed by atoms with Crippen molar-refractivity contribution in [1.82, 2.24) is 5.32 Å². The Hall–Kier alpha value is -3.21. The highest BCUT2D eigenvalue weighted by molar-refractivity contribution is 6.02. The molecular weight excluding hydrogens is 378 g/mol. The van der Waals surface area contributed by atoms with Crippen LogP contribution in [0, 0.1) is 6.92 Å².